The molecule has 0 aliphatic heterocycles. The second-order valence-electron chi connectivity index (χ2n) is 8.68. The number of aryl methyl sites for hydroxylation is 1. The smallest absolute Gasteiger partial charge is 0.238 e. The Kier molecular flexibility index (Phi) is 4.21. The molecule has 0 spiro atoms. The Morgan fingerprint density at radius 3 is 2.81 bits per heavy atom. The van der Waals surface area contributed by atoms with Crippen molar-refractivity contribution in [3.05, 3.63) is 42.2 Å². The van der Waals surface area contributed by atoms with Crippen molar-refractivity contribution in [1.29, 1.82) is 0 Å². The molecule has 10 heteroatoms. The molecule has 0 radical (unpaired) electrons. The number of fused-ring (bicyclic) bond motifs is 1. The average molecular weight is 423 g/mol. The van der Waals surface area contributed by atoms with E-state index in [4.69, 9.17) is 4.52 Å². The fraction of sp³-hybridized carbons (Fsp3) is 0.381. The van der Waals surface area contributed by atoms with E-state index >= 15 is 0 Å². The molecule has 0 aromatic carbocycles. The van der Waals surface area contributed by atoms with E-state index < -0.39 is 11.1 Å². The monoisotopic (exact) mass is 423 g/mol. The molecule has 0 unspecified atom stereocenters. The lowest BCUT2D eigenvalue weighted by Gasteiger charge is -2.15. The lowest BCUT2D eigenvalue weighted by molar-refractivity contribution is -0.119. The SMILES string of the molecule is Cc1cc(C2(C(=O)Nc3cn[nH]c3-c3cc4c(cn3)cnn4CC(C)(C)F)CC2)on1. The van der Waals surface area contributed by atoms with Crippen LogP contribution in [-0.4, -0.2) is 41.7 Å². The van der Waals surface area contributed by atoms with Gasteiger partial charge in [-0.25, -0.2) is 4.39 Å². The van der Waals surface area contributed by atoms with E-state index in [-0.39, 0.29) is 12.5 Å². The minimum atomic E-state index is -1.41. The lowest BCUT2D eigenvalue weighted by Crippen LogP contribution is -2.27. The maximum absolute atomic E-state index is 14.2. The number of anilines is 1. The van der Waals surface area contributed by atoms with Gasteiger partial charge in [0.15, 0.2) is 5.76 Å². The molecule has 4 aromatic heterocycles. The van der Waals surface area contributed by atoms with Gasteiger partial charge < -0.3 is 9.84 Å². The van der Waals surface area contributed by atoms with Gasteiger partial charge in [-0.1, -0.05) is 5.16 Å². The maximum atomic E-state index is 14.2. The molecule has 4 aromatic rings. The number of hydrogen-bond donors (Lipinski definition) is 2. The average Bonchev–Trinajstić information content (AvgIpc) is 3.00. The predicted molar refractivity (Wildman–Crippen MR) is 111 cm³/mol. The zero-order chi connectivity index (χ0) is 21.8. The number of pyridine rings is 1. The molecule has 0 bridgehead atoms. The zero-order valence-corrected chi connectivity index (χ0v) is 17.4. The number of aromatic amines is 1. The van der Waals surface area contributed by atoms with Crippen LogP contribution in [0, 0.1) is 6.92 Å². The zero-order valence-electron chi connectivity index (χ0n) is 17.4. The van der Waals surface area contributed by atoms with Crippen LogP contribution in [0.15, 0.2) is 35.2 Å². The van der Waals surface area contributed by atoms with Crippen LogP contribution >= 0.6 is 0 Å². The van der Waals surface area contributed by atoms with Gasteiger partial charge in [0.05, 0.1) is 41.5 Å². The van der Waals surface area contributed by atoms with Gasteiger partial charge >= 0.3 is 0 Å². The molecule has 160 valence electrons. The fourth-order valence-corrected chi connectivity index (χ4v) is 3.71. The number of hydrogen-bond acceptors (Lipinski definition) is 6. The van der Waals surface area contributed by atoms with E-state index in [9.17, 15) is 9.18 Å². The van der Waals surface area contributed by atoms with E-state index in [1.165, 1.54) is 13.8 Å². The third kappa shape index (κ3) is 3.47. The summed E-state index contributed by atoms with van der Waals surface area (Å²) in [5.74, 6) is 0.404. The largest absolute Gasteiger partial charge is 0.360 e. The second-order valence-corrected chi connectivity index (χ2v) is 8.68. The van der Waals surface area contributed by atoms with E-state index in [0.29, 0.717) is 35.7 Å². The molecule has 1 aliphatic rings. The Morgan fingerprint density at radius 2 is 2.13 bits per heavy atom. The highest BCUT2D eigenvalue weighted by molar-refractivity contribution is 6.03. The normalized spacial score (nSPS) is 15.4. The Labute approximate surface area is 177 Å². The molecule has 1 amide bonds. The second kappa shape index (κ2) is 6.73. The number of amides is 1. The first-order chi connectivity index (χ1) is 14.7. The maximum Gasteiger partial charge on any atom is 0.238 e. The molecule has 1 fully saturated rings. The molecule has 31 heavy (non-hydrogen) atoms. The number of alkyl halides is 1. The molecule has 1 saturated carbocycles. The summed E-state index contributed by atoms with van der Waals surface area (Å²) in [6, 6.07) is 3.61. The Hall–Kier alpha value is -3.56. The molecule has 4 heterocycles. The summed E-state index contributed by atoms with van der Waals surface area (Å²) in [6.45, 7) is 4.96. The van der Waals surface area contributed by atoms with Crippen LogP contribution in [-0.2, 0) is 16.8 Å². The summed E-state index contributed by atoms with van der Waals surface area (Å²) in [6.07, 6.45) is 6.27. The number of rotatable bonds is 6. The highest BCUT2D eigenvalue weighted by atomic mass is 19.1. The van der Waals surface area contributed by atoms with Crippen molar-refractivity contribution >= 4 is 22.5 Å². The summed E-state index contributed by atoms with van der Waals surface area (Å²) in [5, 5.41) is 18.9. The molecular weight excluding hydrogens is 401 g/mol. The van der Waals surface area contributed by atoms with Crippen LogP contribution < -0.4 is 5.32 Å². The quantitative estimate of drug-likeness (QED) is 0.490. The van der Waals surface area contributed by atoms with Crippen molar-refractivity contribution in [1.82, 2.24) is 30.1 Å². The van der Waals surface area contributed by atoms with Gasteiger partial charge in [0, 0.05) is 17.6 Å². The van der Waals surface area contributed by atoms with E-state index in [1.54, 1.807) is 29.3 Å². The van der Waals surface area contributed by atoms with E-state index in [0.717, 1.165) is 16.6 Å². The predicted octanol–water partition coefficient (Wildman–Crippen LogP) is 3.54. The summed E-state index contributed by atoms with van der Waals surface area (Å²) in [7, 11) is 0. The van der Waals surface area contributed by atoms with Gasteiger partial charge in [0.25, 0.3) is 0 Å². The number of H-pyrrole nitrogens is 1. The van der Waals surface area contributed by atoms with Crippen molar-refractivity contribution in [2.75, 3.05) is 5.32 Å². The fourth-order valence-electron chi connectivity index (χ4n) is 3.71. The number of halogens is 1. The highest BCUT2D eigenvalue weighted by Crippen LogP contribution is 2.49. The molecule has 0 saturated heterocycles. The van der Waals surface area contributed by atoms with Crippen LogP contribution in [0.2, 0.25) is 0 Å². The summed E-state index contributed by atoms with van der Waals surface area (Å²) in [4.78, 5) is 17.5. The van der Waals surface area contributed by atoms with E-state index in [2.05, 4.69) is 30.8 Å². The van der Waals surface area contributed by atoms with Crippen LogP contribution in [0.25, 0.3) is 22.3 Å². The Bertz CT molecular complexity index is 1280. The molecular formula is C21H22FN7O2. The van der Waals surface area contributed by atoms with Gasteiger partial charge in [-0.2, -0.15) is 10.2 Å². The topological polar surface area (TPSA) is 115 Å². The van der Waals surface area contributed by atoms with Crippen LogP contribution in [0.1, 0.15) is 38.1 Å². The first-order valence-electron chi connectivity index (χ1n) is 10.0. The van der Waals surface area contributed by atoms with Gasteiger partial charge in [-0.05, 0) is 39.7 Å². The number of carbonyl (C=O) groups excluding carboxylic acids is 1. The number of carbonyl (C=O) groups is 1. The van der Waals surface area contributed by atoms with E-state index in [1.807, 2.05) is 13.0 Å². The third-order valence-corrected chi connectivity index (χ3v) is 5.48. The number of nitrogens with zero attached hydrogens (tertiary/aromatic N) is 5. The lowest BCUT2D eigenvalue weighted by atomic mass is 10.0. The number of nitrogens with one attached hydrogen (secondary N) is 2. The van der Waals surface area contributed by atoms with Crippen LogP contribution in [0.3, 0.4) is 0 Å². The van der Waals surface area contributed by atoms with Crippen molar-refractivity contribution in [3.8, 4) is 11.4 Å². The van der Waals surface area contributed by atoms with Gasteiger partial charge in [-0.15, -0.1) is 0 Å². The minimum absolute atomic E-state index is 0.117. The molecule has 1 aliphatic carbocycles. The van der Waals surface area contributed by atoms with Gasteiger partial charge in [-0.3, -0.25) is 19.6 Å². The number of aromatic nitrogens is 6. The minimum Gasteiger partial charge on any atom is -0.360 e. The van der Waals surface area contributed by atoms with Crippen molar-refractivity contribution < 1.29 is 13.7 Å². The van der Waals surface area contributed by atoms with Crippen molar-refractivity contribution in [2.24, 2.45) is 0 Å². The Balaban J connectivity index is 1.44. The molecule has 9 nitrogen and oxygen atoms in total. The first kappa shape index (κ1) is 19.4. The summed E-state index contributed by atoms with van der Waals surface area (Å²) >= 11 is 0. The van der Waals surface area contributed by atoms with Crippen molar-refractivity contribution in [2.45, 2.75) is 51.2 Å². The van der Waals surface area contributed by atoms with Crippen LogP contribution in [0.4, 0.5) is 10.1 Å². The van der Waals surface area contributed by atoms with Gasteiger partial charge in [0.2, 0.25) is 5.91 Å². The Morgan fingerprint density at radius 1 is 1.32 bits per heavy atom. The molecule has 5 rings (SSSR count). The molecule has 2 N–H and O–H groups in total. The summed E-state index contributed by atoms with van der Waals surface area (Å²) in [5.41, 5.74) is 1.02. The third-order valence-electron chi connectivity index (χ3n) is 5.48. The molecule has 0 atom stereocenters. The highest BCUT2D eigenvalue weighted by Gasteiger charge is 2.54. The van der Waals surface area contributed by atoms with Gasteiger partial charge in [0.1, 0.15) is 16.8 Å². The first-order valence-corrected chi connectivity index (χ1v) is 10.0. The summed E-state index contributed by atoms with van der Waals surface area (Å²) < 4.78 is 21.1. The van der Waals surface area contributed by atoms with Crippen molar-refractivity contribution in [3.63, 3.8) is 0 Å². The van der Waals surface area contributed by atoms with Crippen LogP contribution in [0.5, 0.6) is 0 Å². The standard InChI is InChI=1S/C21H22FN7O2/c1-12-6-17(31-28-12)21(4-5-21)19(30)26-15-10-24-27-18(15)14-7-16-13(8-23-14)9-25-29(16)11-20(2,3)22/h6-10H,4-5,11H2,1-3H3,(H,24,27)(H,26,30).